The minimum atomic E-state index is -0.375. The molecule has 0 bridgehead atoms. The van der Waals surface area contributed by atoms with Crippen LogP contribution < -0.4 is 17.2 Å². The lowest BCUT2D eigenvalue weighted by Gasteiger charge is -2.18. The average Bonchev–Trinajstić information content (AvgIpc) is 2.42. The first kappa shape index (κ1) is 18.9. The minimum absolute atomic E-state index is 0.0901. The van der Waals surface area contributed by atoms with Crippen molar-refractivity contribution in [3.63, 3.8) is 0 Å². The number of guanidine groups is 1. The highest BCUT2D eigenvalue weighted by molar-refractivity contribution is 5.86. The first-order chi connectivity index (χ1) is 9.52. The second-order valence-corrected chi connectivity index (χ2v) is 5.41. The van der Waals surface area contributed by atoms with Crippen LogP contribution in [-0.2, 0) is 4.79 Å². The van der Waals surface area contributed by atoms with E-state index in [0.717, 1.165) is 25.7 Å². The van der Waals surface area contributed by atoms with Crippen LogP contribution in [0, 0.1) is 5.92 Å². The normalized spacial score (nSPS) is 13.8. The third-order valence-corrected chi connectivity index (χ3v) is 3.63. The summed E-state index contributed by atoms with van der Waals surface area (Å²) in [6.07, 6.45) is 8.05. The number of hydrogen-bond acceptors (Lipinski definition) is 3. The maximum atomic E-state index is 12.3. The number of nitrogens with two attached hydrogens (primary N) is 3. The zero-order valence-electron chi connectivity index (χ0n) is 13.1. The van der Waals surface area contributed by atoms with E-state index in [1.807, 2.05) is 0 Å². The molecule has 0 saturated heterocycles. The van der Waals surface area contributed by atoms with E-state index in [0.29, 0.717) is 13.0 Å². The zero-order valence-corrected chi connectivity index (χ0v) is 13.1. The van der Waals surface area contributed by atoms with Crippen LogP contribution in [0.3, 0.4) is 0 Å². The van der Waals surface area contributed by atoms with Crippen molar-refractivity contribution in [1.82, 2.24) is 0 Å². The van der Waals surface area contributed by atoms with Crippen LogP contribution in [-0.4, -0.2) is 24.3 Å². The van der Waals surface area contributed by atoms with E-state index in [9.17, 15) is 4.79 Å². The summed E-state index contributed by atoms with van der Waals surface area (Å²) in [6.45, 7) is 4.79. The van der Waals surface area contributed by atoms with E-state index in [1.165, 1.54) is 19.3 Å². The van der Waals surface area contributed by atoms with Gasteiger partial charge in [-0.1, -0.05) is 39.5 Å². The summed E-state index contributed by atoms with van der Waals surface area (Å²) < 4.78 is 0. The van der Waals surface area contributed by atoms with Crippen molar-refractivity contribution in [3.05, 3.63) is 0 Å². The number of carbonyl (C=O) groups is 1. The fourth-order valence-corrected chi connectivity index (χ4v) is 2.33. The second kappa shape index (κ2) is 11.7. The van der Waals surface area contributed by atoms with E-state index in [-0.39, 0.29) is 23.7 Å². The van der Waals surface area contributed by atoms with E-state index >= 15 is 0 Å². The number of unbranched alkanes of at least 4 members (excludes halogenated alkanes) is 3. The first-order valence-corrected chi connectivity index (χ1v) is 7.87. The maximum Gasteiger partial charge on any atom is 0.185 e. The molecule has 0 rings (SSSR count). The molecule has 0 saturated carbocycles. The number of rotatable bonds is 12. The van der Waals surface area contributed by atoms with Gasteiger partial charge in [0.15, 0.2) is 11.7 Å². The van der Waals surface area contributed by atoms with E-state index in [2.05, 4.69) is 18.8 Å². The van der Waals surface area contributed by atoms with Crippen molar-refractivity contribution in [2.75, 3.05) is 6.54 Å². The van der Waals surface area contributed by atoms with Crippen LogP contribution in [0.2, 0.25) is 0 Å². The molecule has 0 aromatic carbocycles. The van der Waals surface area contributed by atoms with Gasteiger partial charge in [-0.05, 0) is 25.7 Å². The first-order valence-electron chi connectivity index (χ1n) is 7.87. The molecule has 0 aliphatic carbocycles. The standard InChI is InChI=1S/C15H32N4O/c1-3-5-6-7-9-12(4-2)14(20)13(16)10-8-11-19-15(17)18/h12-13H,3-11,16H2,1-2H3,(H4,17,18,19)/t12?,13-/m0/s1. The maximum absolute atomic E-state index is 12.3. The largest absolute Gasteiger partial charge is 0.370 e. The Labute approximate surface area is 123 Å². The summed E-state index contributed by atoms with van der Waals surface area (Å²) in [6, 6.07) is -0.375. The zero-order chi connectivity index (χ0) is 15.4. The van der Waals surface area contributed by atoms with Gasteiger partial charge in [0.1, 0.15) is 0 Å². The Morgan fingerprint density at radius 1 is 1.05 bits per heavy atom. The van der Waals surface area contributed by atoms with Crippen LogP contribution >= 0.6 is 0 Å². The molecule has 0 radical (unpaired) electrons. The van der Waals surface area contributed by atoms with Crippen LogP contribution in [0.1, 0.15) is 65.2 Å². The molecule has 5 heteroatoms. The van der Waals surface area contributed by atoms with Gasteiger partial charge in [-0.25, -0.2) is 0 Å². The fraction of sp³-hybridized carbons (Fsp3) is 0.867. The Balaban J connectivity index is 4.00. The third-order valence-electron chi connectivity index (χ3n) is 3.63. The van der Waals surface area contributed by atoms with Crippen molar-refractivity contribution in [2.24, 2.45) is 28.1 Å². The van der Waals surface area contributed by atoms with Crippen LogP contribution in [0.4, 0.5) is 0 Å². The Morgan fingerprint density at radius 3 is 2.30 bits per heavy atom. The molecular formula is C15H32N4O. The number of hydrogen-bond donors (Lipinski definition) is 3. The van der Waals surface area contributed by atoms with E-state index in [1.54, 1.807) is 0 Å². The molecule has 0 spiro atoms. The smallest absolute Gasteiger partial charge is 0.185 e. The van der Waals surface area contributed by atoms with E-state index in [4.69, 9.17) is 17.2 Å². The van der Waals surface area contributed by atoms with E-state index < -0.39 is 0 Å². The minimum Gasteiger partial charge on any atom is -0.370 e. The molecular weight excluding hydrogens is 252 g/mol. The topological polar surface area (TPSA) is 107 Å². The number of nitrogens with zero attached hydrogens (tertiary/aromatic N) is 1. The lowest BCUT2D eigenvalue weighted by Crippen LogP contribution is -2.35. The van der Waals surface area contributed by atoms with Gasteiger partial charge < -0.3 is 17.2 Å². The summed E-state index contributed by atoms with van der Waals surface area (Å²) in [5, 5.41) is 0. The van der Waals surface area contributed by atoms with Gasteiger partial charge in [0, 0.05) is 12.5 Å². The Hall–Kier alpha value is -1.10. The van der Waals surface area contributed by atoms with Crippen LogP contribution in [0.15, 0.2) is 4.99 Å². The number of Topliss-reactive ketones (excluding diaryl/α,β-unsaturated/α-hetero) is 1. The molecule has 20 heavy (non-hydrogen) atoms. The molecule has 118 valence electrons. The Morgan fingerprint density at radius 2 is 1.75 bits per heavy atom. The van der Waals surface area contributed by atoms with Crippen molar-refractivity contribution < 1.29 is 4.79 Å². The molecule has 2 atom stereocenters. The predicted octanol–water partition coefficient (Wildman–Crippen LogP) is 1.93. The number of aliphatic imine (C=N–C) groups is 1. The van der Waals surface area contributed by atoms with Crippen molar-refractivity contribution >= 4 is 11.7 Å². The molecule has 0 heterocycles. The lowest BCUT2D eigenvalue weighted by molar-refractivity contribution is -0.124. The Kier molecular flexibility index (Phi) is 11.1. The third kappa shape index (κ3) is 8.91. The van der Waals surface area contributed by atoms with Gasteiger partial charge in [-0.2, -0.15) is 0 Å². The molecule has 5 nitrogen and oxygen atoms in total. The molecule has 0 amide bonds. The van der Waals surface area contributed by atoms with Crippen molar-refractivity contribution in [2.45, 2.75) is 71.3 Å². The summed E-state index contributed by atoms with van der Waals surface area (Å²) >= 11 is 0. The highest BCUT2D eigenvalue weighted by Crippen LogP contribution is 2.17. The number of ketones is 1. The molecule has 0 aliphatic rings. The van der Waals surface area contributed by atoms with Gasteiger partial charge in [-0.3, -0.25) is 9.79 Å². The van der Waals surface area contributed by atoms with Gasteiger partial charge in [0.05, 0.1) is 6.04 Å². The molecule has 0 fully saturated rings. The summed E-state index contributed by atoms with van der Waals surface area (Å²) in [4.78, 5) is 16.2. The van der Waals surface area contributed by atoms with Gasteiger partial charge in [0.2, 0.25) is 0 Å². The van der Waals surface area contributed by atoms with Crippen LogP contribution in [0.25, 0.3) is 0 Å². The monoisotopic (exact) mass is 284 g/mol. The quantitative estimate of drug-likeness (QED) is 0.289. The summed E-state index contributed by atoms with van der Waals surface area (Å²) in [5.74, 6) is 0.408. The lowest BCUT2D eigenvalue weighted by atomic mass is 9.89. The van der Waals surface area contributed by atoms with Crippen LogP contribution in [0.5, 0.6) is 0 Å². The van der Waals surface area contributed by atoms with Crippen molar-refractivity contribution in [3.8, 4) is 0 Å². The summed E-state index contributed by atoms with van der Waals surface area (Å²) in [5.41, 5.74) is 16.5. The SMILES string of the molecule is CCCCCCC(CC)C(=O)[C@@H](N)CCCN=C(N)N. The Bertz CT molecular complexity index is 288. The molecule has 1 unspecified atom stereocenters. The van der Waals surface area contributed by atoms with Gasteiger partial charge in [0.25, 0.3) is 0 Å². The molecule has 0 aromatic rings. The highest BCUT2D eigenvalue weighted by atomic mass is 16.1. The predicted molar refractivity (Wildman–Crippen MR) is 85.4 cm³/mol. The van der Waals surface area contributed by atoms with Crippen molar-refractivity contribution in [1.29, 1.82) is 0 Å². The fourth-order valence-electron chi connectivity index (χ4n) is 2.33. The van der Waals surface area contributed by atoms with Gasteiger partial charge in [-0.15, -0.1) is 0 Å². The summed E-state index contributed by atoms with van der Waals surface area (Å²) in [7, 11) is 0. The average molecular weight is 284 g/mol. The second-order valence-electron chi connectivity index (χ2n) is 5.41. The molecule has 0 aliphatic heterocycles. The molecule has 6 N–H and O–H groups in total. The number of carbonyl (C=O) groups excluding carboxylic acids is 1. The van der Waals surface area contributed by atoms with Gasteiger partial charge >= 0.3 is 0 Å². The molecule has 0 aromatic heterocycles. The highest BCUT2D eigenvalue weighted by Gasteiger charge is 2.21.